The van der Waals surface area contributed by atoms with Gasteiger partial charge in [0.25, 0.3) is 5.91 Å². The highest BCUT2D eigenvalue weighted by Crippen LogP contribution is 2.33. The number of alkyl halides is 3. The molecule has 1 aliphatic heterocycles. The maximum absolute atomic E-state index is 13.0. The zero-order valence-electron chi connectivity index (χ0n) is 13.6. The highest BCUT2D eigenvalue weighted by Gasteiger charge is 2.33. The number of nitrogens with zero attached hydrogens (tertiary/aromatic N) is 4. The molecule has 0 atom stereocenters. The van der Waals surface area contributed by atoms with Crippen molar-refractivity contribution in [2.75, 3.05) is 11.4 Å². The minimum Gasteiger partial charge on any atom is -0.360 e. The van der Waals surface area contributed by atoms with Gasteiger partial charge in [-0.3, -0.25) is 9.69 Å². The van der Waals surface area contributed by atoms with Crippen LogP contribution >= 0.6 is 0 Å². The van der Waals surface area contributed by atoms with Crippen molar-refractivity contribution >= 4 is 11.7 Å². The number of aromatic nitrogens is 3. The summed E-state index contributed by atoms with van der Waals surface area (Å²) in [6.07, 6.45) is -2.82. The monoisotopic (exact) mass is 362 g/mol. The van der Waals surface area contributed by atoms with Crippen molar-refractivity contribution in [1.29, 1.82) is 0 Å². The number of halogens is 3. The van der Waals surface area contributed by atoms with Crippen molar-refractivity contribution < 1.29 is 22.5 Å². The van der Waals surface area contributed by atoms with Crippen LogP contribution in [0.25, 0.3) is 11.3 Å². The van der Waals surface area contributed by atoms with Crippen LogP contribution < -0.4 is 4.90 Å². The lowest BCUT2D eigenvalue weighted by Gasteiger charge is -2.15. The van der Waals surface area contributed by atoms with Crippen molar-refractivity contribution in [2.24, 2.45) is 0 Å². The first kappa shape index (κ1) is 16.4. The van der Waals surface area contributed by atoms with Gasteiger partial charge in [-0.15, -0.1) is 0 Å². The summed E-state index contributed by atoms with van der Waals surface area (Å²) in [7, 11) is 0. The highest BCUT2D eigenvalue weighted by atomic mass is 19.4. The van der Waals surface area contributed by atoms with E-state index in [0.29, 0.717) is 30.2 Å². The number of carbonyl (C=O) groups is 1. The summed E-state index contributed by atoms with van der Waals surface area (Å²) in [4.78, 5) is 14.6. The largest absolute Gasteiger partial charge is 0.416 e. The fraction of sp³-hybridized carbons (Fsp3) is 0.235. The molecule has 1 aromatic carbocycles. The quantitative estimate of drug-likeness (QED) is 0.700. The SMILES string of the molecule is Cc1onc(-c2ccc(C(F)(F)F)cc2)c1C(=O)N1CCn2nccc21. The molecule has 6 nitrogen and oxygen atoms in total. The summed E-state index contributed by atoms with van der Waals surface area (Å²) in [6.45, 7) is 2.63. The number of hydrogen-bond acceptors (Lipinski definition) is 4. The van der Waals surface area contributed by atoms with E-state index in [4.69, 9.17) is 4.52 Å². The van der Waals surface area contributed by atoms with Gasteiger partial charge in [-0.2, -0.15) is 18.3 Å². The van der Waals surface area contributed by atoms with Crippen molar-refractivity contribution in [3.63, 3.8) is 0 Å². The number of anilines is 1. The van der Waals surface area contributed by atoms with Gasteiger partial charge in [-0.1, -0.05) is 17.3 Å². The van der Waals surface area contributed by atoms with Crippen LogP contribution in [0.2, 0.25) is 0 Å². The molecule has 0 fully saturated rings. The Morgan fingerprint density at radius 3 is 2.58 bits per heavy atom. The van der Waals surface area contributed by atoms with Gasteiger partial charge in [0.05, 0.1) is 18.3 Å². The van der Waals surface area contributed by atoms with Gasteiger partial charge < -0.3 is 4.52 Å². The summed E-state index contributed by atoms with van der Waals surface area (Å²) in [5.41, 5.74) is 0.0716. The molecule has 0 N–H and O–H groups in total. The summed E-state index contributed by atoms with van der Waals surface area (Å²) in [5.74, 6) is 0.648. The fourth-order valence-corrected chi connectivity index (χ4v) is 3.02. The molecule has 9 heteroatoms. The maximum atomic E-state index is 13.0. The van der Waals surface area contributed by atoms with E-state index in [1.54, 1.807) is 28.8 Å². The van der Waals surface area contributed by atoms with Gasteiger partial charge in [0.2, 0.25) is 0 Å². The molecule has 3 heterocycles. The Morgan fingerprint density at radius 2 is 1.88 bits per heavy atom. The average Bonchev–Trinajstić information content (AvgIpc) is 3.28. The lowest BCUT2D eigenvalue weighted by Crippen LogP contribution is -2.29. The Hall–Kier alpha value is -3.10. The lowest BCUT2D eigenvalue weighted by molar-refractivity contribution is -0.137. The average molecular weight is 362 g/mol. The highest BCUT2D eigenvalue weighted by molar-refractivity contribution is 6.10. The smallest absolute Gasteiger partial charge is 0.360 e. The number of rotatable bonds is 2. The van der Waals surface area contributed by atoms with Crippen LogP contribution in [0.1, 0.15) is 21.7 Å². The van der Waals surface area contributed by atoms with Crippen molar-refractivity contribution in [3.05, 3.63) is 53.4 Å². The number of aryl methyl sites for hydroxylation is 1. The van der Waals surface area contributed by atoms with Crippen LogP contribution in [0.15, 0.2) is 41.1 Å². The third-order valence-corrected chi connectivity index (χ3v) is 4.31. The Labute approximate surface area is 145 Å². The predicted molar refractivity (Wildman–Crippen MR) is 85.6 cm³/mol. The van der Waals surface area contributed by atoms with Crippen LogP contribution in [0.4, 0.5) is 19.0 Å². The molecule has 3 aromatic rings. The Bertz CT molecular complexity index is 973. The molecule has 0 radical (unpaired) electrons. The van der Waals surface area contributed by atoms with E-state index in [2.05, 4.69) is 10.3 Å². The normalized spacial score (nSPS) is 13.9. The molecule has 0 aliphatic carbocycles. The van der Waals surface area contributed by atoms with Gasteiger partial charge >= 0.3 is 6.18 Å². The molecule has 0 bridgehead atoms. The Kier molecular flexibility index (Phi) is 3.60. The molecule has 4 rings (SSSR count). The first-order chi connectivity index (χ1) is 12.4. The molecule has 0 unspecified atom stereocenters. The molecular formula is C17H13F3N4O2. The molecular weight excluding hydrogens is 349 g/mol. The van der Waals surface area contributed by atoms with Gasteiger partial charge in [0.1, 0.15) is 22.8 Å². The van der Waals surface area contributed by atoms with Crippen molar-refractivity contribution in [1.82, 2.24) is 14.9 Å². The van der Waals surface area contributed by atoms with E-state index in [-0.39, 0.29) is 17.2 Å². The molecule has 1 amide bonds. The first-order valence-corrected chi connectivity index (χ1v) is 7.84. The second-order valence-electron chi connectivity index (χ2n) is 5.91. The summed E-state index contributed by atoms with van der Waals surface area (Å²) in [5, 5.41) is 8.01. The van der Waals surface area contributed by atoms with Crippen LogP contribution in [0.3, 0.4) is 0 Å². The molecule has 134 valence electrons. The molecule has 0 saturated carbocycles. The van der Waals surface area contributed by atoms with Crippen LogP contribution in [0, 0.1) is 6.92 Å². The number of fused-ring (bicyclic) bond motifs is 1. The predicted octanol–water partition coefficient (Wildman–Crippen LogP) is 3.53. The van der Waals surface area contributed by atoms with Crippen molar-refractivity contribution in [3.8, 4) is 11.3 Å². The summed E-state index contributed by atoms with van der Waals surface area (Å²) in [6, 6.07) is 6.21. The van der Waals surface area contributed by atoms with Crippen LogP contribution in [-0.2, 0) is 12.7 Å². The topological polar surface area (TPSA) is 64.2 Å². The minimum absolute atomic E-state index is 0.221. The van der Waals surface area contributed by atoms with E-state index in [0.717, 1.165) is 12.1 Å². The third-order valence-electron chi connectivity index (χ3n) is 4.31. The van der Waals surface area contributed by atoms with Gasteiger partial charge in [-0.25, -0.2) is 4.68 Å². The molecule has 2 aromatic heterocycles. The number of benzene rings is 1. The zero-order chi connectivity index (χ0) is 18.5. The van der Waals surface area contributed by atoms with E-state index in [1.165, 1.54) is 12.1 Å². The number of amides is 1. The Balaban J connectivity index is 1.71. The maximum Gasteiger partial charge on any atom is 0.416 e. The van der Waals surface area contributed by atoms with Crippen molar-refractivity contribution in [2.45, 2.75) is 19.6 Å². The Morgan fingerprint density at radius 1 is 1.15 bits per heavy atom. The zero-order valence-corrected chi connectivity index (χ0v) is 13.6. The van der Waals surface area contributed by atoms with Crippen LogP contribution in [0.5, 0.6) is 0 Å². The lowest BCUT2D eigenvalue weighted by atomic mass is 10.0. The van der Waals surface area contributed by atoms with Crippen LogP contribution in [-0.4, -0.2) is 27.4 Å². The van der Waals surface area contributed by atoms with E-state index in [9.17, 15) is 18.0 Å². The van der Waals surface area contributed by atoms with E-state index >= 15 is 0 Å². The first-order valence-electron chi connectivity index (χ1n) is 7.84. The number of hydrogen-bond donors (Lipinski definition) is 0. The minimum atomic E-state index is -4.43. The van der Waals surface area contributed by atoms with E-state index < -0.39 is 11.7 Å². The molecule has 1 aliphatic rings. The van der Waals surface area contributed by atoms with E-state index in [1.807, 2.05) is 0 Å². The summed E-state index contributed by atoms with van der Waals surface area (Å²) < 4.78 is 45.1. The summed E-state index contributed by atoms with van der Waals surface area (Å²) >= 11 is 0. The molecule has 0 saturated heterocycles. The fourth-order valence-electron chi connectivity index (χ4n) is 3.02. The van der Waals surface area contributed by atoms with Gasteiger partial charge in [-0.05, 0) is 19.1 Å². The third kappa shape index (κ3) is 2.56. The second kappa shape index (κ2) is 5.72. The molecule has 0 spiro atoms. The standard InChI is InChI=1S/C17H13F3N4O2/c1-10-14(16(25)23-8-9-24-13(23)6-7-21-24)15(22-26-10)11-2-4-12(5-3-11)17(18,19)20/h2-7H,8-9H2,1H3. The molecule has 26 heavy (non-hydrogen) atoms. The second-order valence-corrected chi connectivity index (χ2v) is 5.91. The van der Waals surface area contributed by atoms with Gasteiger partial charge in [0, 0.05) is 18.2 Å². The van der Waals surface area contributed by atoms with Gasteiger partial charge in [0.15, 0.2) is 0 Å². The number of carbonyl (C=O) groups excluding carboxylic acids is 1.